The van der Waals surface area contributed by atoms with E-state index >= 15 is 0 Å². The molecule has 0 spiro atoms. The Kier molecular flexibility index (Phi) is 3.54. The van der Waals surface area contributed by atoms with Gasteiger partial charge in [-0.3, -0.25) is 4.79 Å². The maximum Gasteiger partial charge on any atom is 0.254 e. The highest BCUT2D eigenvalue weighted by atomic mass is 16.6. The molecule has 0 aromatic heterocycles. The van der Waals surface area contributed by atoms with E-state index in [4.69, 9.17) is 9.47 Å². The van der Waals surface area contributed by atoms with Gasteiger partial charge in [-0.05, 0) is 35.2 Å². The lowest BCUT2D eigenvalue weighted by atomic mass is 9.89. The summed E-state index contributed by atoms with van der Waals surface area (Å²) in [4.78, 5) is 14.6. The SMILES string of the molecule is COc1ccc2c(c1)CN(C(=O)C1CO1)C(c1ccccc1)C2. The number of rotatable bonds is 3. The third kappa shape index (κ3) is 2.70. The molecular formula is C19H19NO3. The second-order valence-electron chi connectivity index (χ2n) is 6.05. The van der Waals surface area contributed by atoms with Crippen molar-refractivity contribution in [2.75, 3.05) is 13.7 Å². The average Bonchev–Trinajstić information content (AvgIpc) is 3.45. The van der Waals surface area contributed by atoms with Crippen molar-refractivity contribution in [1.29, 1.82) is 0 Å². The summed E-state index contributed by atoms with van der Waals surface area (Å²) < 4.78 is 10.5. The van der Waals surface area contributed by atoms with E-state index in [9.17, 15) is 4.79 Å². The van der Waals surface area contributed by atoms with Gasteiger partial charge in [0.15, 0.2) is 6.10 Å². The zero-order valence-corrected chi connectivity index (χ0v) is 13.1. The van der Waals surface area contributed by atoms with E-state index in [1.54, 1.807) is 7.11 Å². The first-order chi connectivity index (χ1) is 11.3. The van der Waals surface area contributed by atoms with Gasteiger partial charge in [0.1, 0.15) is 5.75 Å². The molecule has 0 aliphatic carbocycles. The summed E-state index contributed by atoms with van der Waals surface area (Å²) in [6, 6.07) is 16.4. The van der Waals surface area contributed by atoms with Crippen LogP contribution in [0.5, 0.6) is 5.75 Å². The number of fused-ring (bicyclic) bond motifs is 1. The van der Waals surface area contributed by atoms with Crippen LogP contribution >= 0.6 is 0 Å². The molecule has 0 saturated carbocycles. The zero-order chi connectivity index (χ0) is 15.8. The molecule has 4 rings (SSSR count). The fourth-order valence-corrected chi connectivity index (χ4v) is 3.27. The van der Waals surface area contributed by atoms with E-state index in [-0.39, 0.29) is 18.1 Å². The van der Waals surface area contributed by atoms with E-state index in [0.717, 1.165) is 17.7 Å². The minimum Gasteiger partial charge on any atom is -0.497 e. The van der Waals surface area contributed by atoms with Crippen molar-refractivity contribution in [3.05, 3.63) is 65.2 Å². The van der Waals surface area contributed by atoms with Crippen LogP contribution in [0.4, 0.5) is 0 Å². The van der Waals surface area contributed by atoms with Crippen LogP contribution in [0.15, 0.2) is 48.5 Å². The third-order valence-electron chi connectivity index (χ3n) is 4.62. The summed E-state index contributed by atoms with van der Waals surface area (Å²) >= 11 is 0. The van der Waals surface area contributed by atoms with Crippen LogP contribution < -0.4 is 4.74 Å². The molecule has 2 aliphatic heterocycles. The summed E-state index contributed by atoms with van der Waals surface area (Å²) in [5, 5.41) is 0. The molecule has 2 aliphatic rings. The molecule has 1 fully saturated rings. The third-order valence-corrected chi connectivity index (χ3v) is 4.62. The number of amides is 1. The molecule has 2 aromatic rings. The monoisotopic (exact) mass is 309 g/mol. The van der Waals surface area contributed by atoms with E-state index in [2.05, 4.69) is 18.2 Å². The number of hydrogen-bond acceptors (Lipinski definition) is 3. The fraction of sp³-hybridized carbons (Fsp3) is 0.316. The molecular weight excluding hydrogens is 290 g/mol. The smallest absolute Gasteiger partial charge is 0.254 e. The predicted molar refractivity (Wildman–Crippen MR) is 86.2 cm³/mol. The Morgan fingerprint density at radius 3 is 2.65 bits per heavy atom. The molecule has 0 bridgehead atoms. The highest BCUT2D eigenvalue weighted by Crippen LogP contribution is 2.36. The van der Waals surface area contributed by atoms with Gasteiger partial charge in [0.25, 0.3) is 5.91 Å². The highest BCUT2D eigenvalue weighted by molar-refractivity contribution is 5.83. The molecule has 23 heavy (non-hydrogen) atoms. The molecule has 0 radical (unpaired) electrons. The van der Waals surface area contributed by atoms with Gasteiger partial charge in [-0.25, -0.2) is 0 Å². The minimum absolute atomic E-state index is 0.0637. The normalized spacial score (nSPS) is 22.4. The molecule has 1 amide bonds. The number of methoxy groups -OCH3 is 1. The maximum absolute atomic E-state index is 12.7. The quantitative estimate of drug-likeness (QED) is 0.819. The van der Waals surface area contributed by atoms with Crippen molar-refractivity contribution in [1.82, 2.24) is 4.90 Å². The van der Waals surface area contributed by atoms with Gasteiger partial charge in [0, 0.05) is 6.54 Å². The Bertz CT molecular complexity index is 725. The second kappa shape index (κ2) is 5.70. The lowest BCUT2D eigenvalue weighted by Crippen LogP contribution is -2.41. The van der Waals surface area contributed by atoms with Gasteiger partial charge < -0.3 is 14.4 Å². The van der Waals surface area contributed by atoms with Crippen LogP contribution in [0.1, 0.15) is 22.7 Å². The number of carbonyl (C=O) groups excluding carboxylic acids is 1. The number of benzene rings is 2. The molecule has 2 heterocycles. The number of ether oxygens (including phenoxy) is 2. The highest BCUT2D eigenvalue weighted by Gasteiger charge is 2.40. The first-order valence-corrected chi connectivity index (χ1v) is 7.89. The fourth-order valence-electron chi connectivity index (χ4n) is 3.27. The van der Waals surface area contributed by atoms with E-state index in [0.29, 0.717) is 13.2 Å². The average molecular weight is 309 g/mol. The second-order valence-corrected chi connectivity index (χ2v) is 6.05. The molecule has 0 N–H and O–H groups in total. The number of epoxide rings is 1. The largest absolute Gasteiger partial charge is 0.497 e. The first kappa shape index (κ1) is 14.3. The zero-order valence-electron chi connectivity index (χ0n) is 13.1. The van der Waals surface area contributed by atoms with Crippen molar-refractivity contribution >= 4 is 5.91 Å². The van der Waals surface area contributed by atoms with Gasteiger partial charge in [0.05, 0.1) is 19.8 Å². The lowest BCUT2D eigenvalue weighted by molar-refractivity contribution is -0.136. The van der Waals surface area contributed by atoms with Crippen LogP contribution in [-0.4, -0.2) is 30.6 Å². The van der Waals surface area contributed by atoms with Gasteiger partial charge >= 0.3 is 0 Å². The number of nitrogens with zero attached hydrogens (tertiary/aromatic N) is 1. The lowest BCUT2D eigenvalue weighted by Gasteiger charge is -2.37. The number of carbonyl (C=O) groups is 1. The van der Waals surface area contributed by atoms with E-state index < -0.39 is 0 Å². The van der Waals surface area contributed by atoms with Gasteiger partial charge in [-0.2, -0.15) is 0 Å². The van der Waals surface area contributed by atoms with Gasteiger partial charge in [0.2, 0.25) is 0 Å². The molecule has 2 atom stereocenters. The van der Waals surface area contributed by atoms with Gasteiger partial charge in [-0.15, -0.1) is 0 Å². The standard InChI is InChI=1S/C19H19NO3/c1-22-16-8-7-14-10-17(13-5-3-2-4-6-13)20(11-15(14)9-16)19(21)18-12-23-18/h2-9,17-18H,10-12H2,1H3. The number of hydrogen-bond donors (Lipinski definition) is 0. The Labute approximate surface area is 135 Å². The van der Waals surface area contributed by atoms with Gasteiger partial charge in [-0.1, -0.05) is 36.4 Å². The summed E-state index contributed by atoms with van der Waals surface area (Å²) in [6.45, 7) is 1.15. The van der Waals surface area contributed by atoms with Crippen molar-refractivity contribution in [3.63, 3.8) is 0 Å². The summed E-state index contributed by atoms with van der Waals surface area (Å²) in [5.74, 6) is 0.921. The van der Waals surface area contributed by atoms with E-state index in [1.807, 2.05) is 35.2 Å². The summed E-state index contributed by atoms with van der Waals surface area (Å²) in [6.07, 6.45) is 0.565. The molecule has 2 unspecified atom stereocenters. The van der Waals surface area contributed by atoms with Crippen molar-refractivity contribution in [2.45, 2.75) is 25.1 Å². The topological polar surface area (TPSA) is 42.1 Å². The molecule has 1 saturated heterocycles. The molecule has 4 heteroatoms. The minimum atomic E-state index is -0.256. The van der Waals surface area contributed by atoms with Crippen LogP contribution in [0.3, 0.4) is 0 Å². The molecule has 2 aromatic carbocycles. The van der Waals surface area contributed by atoms with Crippen LogP contribution in [-0.2, 0) is 22.5 Å². The van der Waals surface area contributed by atoms with Crippen molar-refractivity contribution in [2.24, 2.45) is 0 Å². The van der Waals surface area contributed by atoms with Crippen LogP contribution in [0, 0.1) is 0 Å². The van der Waals surface area contributed by atoms with Crippen LogP contribution in [0.2, 0.25) is 0 Å². The Balaban J connectivity index is 1.72. The maximum atomic E-state index is 12.7. The summed E-state index contributed by atoms with van der Waals surface area (Å²) in [7, 11) is 1.66. The Morgan fingerprint density at radius 1 is 1.17 bits per heavy atom. The van der Waals surface area contributed by atoms with E-state index in [1.165, 1.54) is 11.1 Å². The Morgan fingerprint density at radius 2 is 1.96 bits per heavy atom. The summed E-state index contributed by atoms with van der Waals surface area (Å²) in [5.41, 5.74) is 3.61. The van der Waals surface area contributed by atoms with Crippen molar-refractivity contribution in [3.8, 4) is 5.75 Å². The van der Waals surface area contributed by atoms with Crippen molar-refractivity contribution < 1.29 is 14.3 Å². The molecule has 118 valence electrons. The molecule has 4 nitrogen and oxygen atoms in total. The first-order valence-electron chi connectivity index (χ1n) is 7.89. The van der Waals surface area contributed by atoms with Crippen LogP contribution in [0.25, 0.3) is 0 Å². The Hall–Kier alpha value is -2.33. The predicted octanol–water partition coefficient (Wildman–Crippen LogP) is 2.72.